The monoisotopic (exact) mass is 256 g/mol. The molecule has 1 heterocycles. The lowest BCUT2D eigenvalue weighted by Gasteiger charge is -2.15. The number of nitrogens with one attached hydrogen (secondary N) is 1. The van der Waals surface area contributed by atoms with Gasteiger partial charge in [0.05, 0.1) is 6.04 Å². The van der Waals surface area contributed by atoms with Crippen LogP contribution in [-0.4, -0.2) is 23.0 Å². The van der Waals surface area contributed by atoms with Crippen molar-refractivity contribution in [2.24, 2.45) is 16.8 Å². The lowest BCUT2D eigenvalue weighted by Crippen LogP contribution is -2.29. The molecule has 17 heavy (non-hydrogen) atoms. The average molecular weight is 256 g/mol. The average Bonchev–Trinajstić information content (AvgIpc) is 2.65. The summed E-state index contributed by atoms with van der Waals surface area (Å²) in [5.74, 6) is 2.64. The number of rotatable bonds is 6. The minimum absolute atomic E-state index is 0.519. The first-order chi connectivity index (χ1) is 7.99. The zero-order valence-electron chi connectivity index (χ0n) is 12.0. The topological polar surface area (TPSA) is 24.4 Å². The second-order valence-corrected chi connectivity index (χ2v) is 6.94. The Morgan fingerprint density at radius 2 is 1.94 bits per heavy atom. The minimum atomic E-state index is 0.519. The molecule has 2 nitrogen and oxygen atoms in total. The highest BCUT2D eigenvalue weighted by Gasteiger charge is 2.21. The van der Waals surface area contributed by atoms with Crippen molar-refractivity contribution in [2.45, 2.75) is 66.0 Å². The van der Waals surface area contributed by atoms with E-state index in [2.05, 4.69) is 39.9 Å². The molecule has 1 rings (SSSR count). The van der Waals surface area contributed by atoms with Gasteiger partial charge in [-0.2, -0.15) is 0 Å². The van der Waals surface area contributed by atoms with Gasteiger partial charge in [-0.3, -0.25) is 4.99 Å². The van der Waals surface area contributed by atoms with E-state index in [-0.39, 0.29) is 0 Å². The quantitative estimate of drug-likeness (QED) is 0.779. The van der Waals surface area contributed by atoms with Gasteiger partial charge in [0.2, 0.25) is 0 Å². The summed E-state index contributed by atoms with van der Waals surface area (Å²) in [5.41, 5.74) is 0. The Balaban J connectivity index is 2.23. The Morgan fingerprint density at radius 1 is 1.24 bits per heavy atom. The van der Waals surface area contributed by atoms with Crippen LogP contribution >= 0.6 is 11.8 Å². The van der Waals surface area contributed by atoms with Crippen molar-refractivity contribution in [3.8, 4) is 0 Å². The summed E-state index contributed by atoms with van der Waals surface area (Å²) in [6.45, 7) is 11.4. The second-order valence-electron chi connectivity index (χ2n) is 5.93. The van der Waals surface area contributed by atoms with Gasteiger partial charge in [-0.15, -0.1) is 0 Å². The summed E-state index contributed by atoms with van der Waals surface area (Å²) in [7, 11) is 0. The van der Waals surface area contributed by atoms with Gasteiger partial charge in [0, 0.05) is 11.8 Å². The Morgan fingerprint density at radius 3 is 2.47 bits per heavy atom. The second kappa shape index (κ2) is 7.30. The lowest BCUT2D eigenvalue weighted by molar-refractivity contribution is 0.494. The molecule has 0 saturated carbocycles. The Hall–Kier alpha value is -0.180. The summed E-state index contributed by atoms with van der Waals surface area (Å²) >= 11 is 1.89. The largest absolute Gasteiger partial charge is 0.362 e. The van der Waals surface area contributed by atoms with Crippen LogP contribution in [0.1, 0.15) is 53.9 Å². The Bertz CT molecular complexity index is 249. The highest BCUT2D eigenvalue weighted by Crippen LogP contribution is 2.22. The molecule has 0 aliphatic carbocycles. The standard InChI is InChI=1S/C14H28N2S/c1-10(2)7-6-8-12(5)15-14-16-13(9-17-14)11(3)4/h10-13H,6-9H2,1-5H3,(H,15,16)/t12?,13-/m1/s1. The van der Waals surface area contributed by atoms with Gasteiger partial charge in [-0.25, -0.2) is 0 Å². The van der Waals surface area contributed by atoms with E-state index in [9.17, 15) is 0 Å². The first-order valence-corrected chi connectivity index (χ1v) is 7.94. The lowest BCUT2D eigenvalue weighted by atomic mass is 10.0. The molecule has 1 unspecified atom stereocenters. The van der Waals surface area contributed by atoms with Crippen LogP contribution in [0.25, 0.3) is 0 Å². The van der Waals surface area contributed by atoms with Crippen molar-refractivity contribution in [2.75, 3.05) is 5.75 Å². The molecule has 3 heteroatoms. The molecular formula is C14H28N2S. The number of hydrogen-bond acceptors (Lipinski definition) is 3. The maximum Gasteiger partial charge on any atom is 0.157 e. The van der Waals surface area contributed by atoms with Gasteiger partial charge in [0.25, 0.3) is 0 Å². The number of amidine groups is 1. The fourth-order valence-corrected chi connectivity index (χ4v) is 3.21. The predicted octanol–water partition coefficient (Wildman–Crippen LogP) is 3.92. The van der Waals surface area contributed by atoms with Crippen molar-refractivity contribution in [3.05, 3.63) is 0 Å². The van der Waals surface area contributed by atoms with Crippen LogP contribution in [0.3, 0.4) is 0 Å². The van der Waals surface area contributed by atoms with Gasteiger partial charge < -0.3 is 5.32 Å². The van der Waals surface area contributed by atoms with Gasteiger partial charge in [0.15, 0.2) is 5.17 Å². The van der Waals surface area contributed by atoms with Crippen LogP contribution in [0, 0.1) is 11.8 Å². The maximum atomic E-state index is 4.74. The predicted molar refractivity (Wildman–Crippen MR) is 79.8 cm³/mol. The number of thioether (sulfide) groups is 1. The third-order valence-corrected chi connectivity index (χ3v) is 4.24. The zero-order chi connectivity index (χ0) is 12.8. The summed E-state index contributed by atoms with van der Waals surface area (Å²) in [6, 6.07) is 1.08. The molecule has 0 bridgehead atoms. The van der Waals surface area contributed by atoms with E-state index in [1.54, 1.807) is 0 Å². The molecule has 1 aliphatic heterocycles. The van der Waals surface area contributed by atoms with Crippen molar-refractivity contribution in [1.82, 2.24) is 5.32 Å². The molecular weight excluding hydrogens is 228 g/mol. The van der Waals surface area contributed by atoms with Crippen molar-refractivity contribution < 1.29 is 0 Å². The molecule has 0 saturated heterocycles. The zero-order valence-corrected chi connectivity index (χ0v) is 12.8. The van der Waals surface area contributed by atoms with Crippen LogP contribution < -0.4 is 5.32 Å². The molecule has 0 aromatic rings. The molecule has 0 aromatic heterocycles. The normalized spacial score (nSPS) is 22.1. The summed E-state index contributed by atoms with van der Waals surface area (Å²) in [5, 5.41) is 4.72. The van der Waals surface area contributed by atoms with Crippen LogP contribution in [0.4, 0.5) is 0 Å². The molecule has 1 N–H and O–H groups in total. The smallest absolute Gasteiger partial charge is 0.157 e. The number of hydrogen-bond donors (Lipinski definition) is 1. The van der Waals surface area contributed by atoms with E-state index in [1.165, 1.54) is 24.4 Å². The molecule has 2 atom stereocenters. The van der Waals surface area contributed by atoms with E-state index in [4.69, 9.17) is 4.99 Å². The Labute approximate surface area is 111 Å². The SMILES string of the molecule is CC(C)CCCC(C)NC1=N[C@@H](C(C)C)CS1. The molecule has 100 valence electrons. The summed E-state index contributed by atoms with van der Waals surface area (Å²) < 4.78 is 0. The Kier molecular flexibility index (Phi) is 6.39. The maximum absolute atomic E-state index is 4.74. The molecule has 1 aliphatic rings. The fourth-order valence-electron chi connectivity index (χ4n) is 1.93. The number of aliphatic imine (C=N–C) groups is 1. The van der Waals surface area contributed by atoms with E-state index < -0.39 is 0 Å². The third kappa shape index (κ3) is 5.80. The molecule has 0 fully saturated rings. The van der Waals surface area contributed by atoms with Gasteiger partial charge in [-0.1, -0.05) is 52.3 Å². The van der Waals surface area contributed by atoms with Crippen LogP contribution in [0.2, 0.25) is 0 Å². The molecule has 0 spiro atoms. The van der Waals surface area contributed by atoms with Gasteiger partial charge >= 0.3 is 0 Å². The van der Waals surface area contributed by atoms with E-state index in [0.717, 1.165) is 11.7 Å². The van der Waals surface area contributed by atoms with E-state index in [0.29, 0.717) is 18.0 Å². The minimum Gasteiger partial charge on any atom is -0.362 e. The molecule has 0 amide bonds. The molecule has 0 aromatic carbocycles. The van der Waals surface area contributed by atoms with Crippen LogP contribution in [-0.2, 0) is 0 Å². The highest BCUT2D eigenvalue weighted by atomic mass is 32.2. The van der Waals surface area contributed by atoms with Crippen molar-refractivity contribution >= 4 is 16.9 Å². The van der Waals surface area contributed by atoms with Crippen molar-refractivity contribution in [3.63, 3.8) is 0 Å². The van der Waals surface area contributed by atoms with E-state index >= 15 is 0 Å². The van der Waals surface area contributed by atoms with Crippen LogP contribution in [0.15, 0.2) is 4.99 Å². The number of nitrogens with zero attached hydrogens (tertiary/aromatic N) is 1. The van der Waals surface area contributed by atoms with Gasteiger partial charge in [0.1, 0.15) is 0 Å². The fraction of sp³-hybridized carbons (Fsp3) is 0.929. The van der Waals surface area contributed by atoms with Crippen LogP contribution in [0.5, 0.6) is 0 Å². The van der Waals surface area contributed by atoms with Gasteiger partial charge in [-0.05, 0) is 25.2 Å². The summed E-state index contributed by atoms with van der Waals surface area (Å²) in [4.78, 5) is 4.74. The first-order valence-electron chi connectivity index (χ1n) is 6.96. The third-order valence-electron chi connectivity index (χ3n) is 3.23. The molecule has 0 radical (unpaired) electrons. The van der Waals surface area contributed by atoms with Crippen molar-refractivity contribution in [1.29, 1.82) is 0 Å². The first kappa shape index (κ1) is 14.9. The highest BCUT2D eigenvalue weighted by molar-refractivity contribution is 8.14. The summed E-state index contributed by atoms with van der Waals surface area (Å²) in [6.07, 6.45) is 3.90. The van der Waals surface area contributed by atoms with E-state index in [1.807, 2.05) is 11.8 Å².